The predicted molar refractivity (Wildman–Crippen MR) is 56.4 cm³/mol. The maximum atomic E-state index is 9.15. The molecule has 2 N–H and O–H groups in total. The summed E-state index contributed by atoms with van der Waals surface area (Å²) < 4.78 is 5.36. The van der Waals surface area contributed by atoms with E-state index in [4.69, 9.17) is 9.84 Å². The molecular weight excluding hydrogens is 180 g/mol. The van der Waals surface area contributed by atoms with Gasteiger partial charge in [0.25, 0.3) is 0 Å². The second-order valence-electron chi connectivity index (χ2n) is 3.86. The van der Waals surface area contributed by atoms with E-state index in [9.17, 15) is 0 Å². The summed E-state index contributed by atoms with van der Waals surface area (Å²) in [7, 11) is 0. The average Bonchev–Trinajstić information content (AvgIpc) is 2.20. The van der Waals surface area contributed by atoms with E-state index in [2.05, 4.69) is 24.1 Å². The van der Waals surface area contributed by atoms with Gasteiger partial charge in [0.05, 0.1) is 19.8 Å². The lowest BCUT2D eigenvalue weighted by atomic mass is 10.2. The van der Waals surface area contributed by atoms with Crippen molar-refractivity contribution in [3.8, 4) is 0 Å². The molecule has 2 atom stereocenters. The third-order valence-electron chi connectivity index (χ3n) is 2.67. The third-order valence-corrected chi connectivity index (χ3v) is 2.67. The van der Waals surface area contributed by atoms with Gasteiger partial charge in [-0.15, -0.1) is 0 Å². The molecule has 0 aromatic rings. The lowest BCUT2D eigenvalue weighted by Crippen LogP contribution is -2.51. The van der Waals surface area contributed by atoms with Crippen LogP contribution >= 0.6 is 0 Å². The zero-order valence-electron chi connectivity index (χ0n) is 9.20. The van der Waals surface area contributed by atoms with Crippen molar-refractivity contribution in [2.24, 2.45) is 0 Å². The van der Waals surface area contributed by atoms with Crippen molar-refractivity contribution in [1.29, 1.82) is 0 Å². The molecule has 0 radical (unpaired) electrons. The van der Waals surface area contributed by atoms with Crippen LogP contribution in [-0.2, 0) is 4.74 Å². The minimum Gasteiger partial charge on any atom is -0.395 e. The highest BCUT2D eigenvalue weighted by Gasteiger charge is 2.21. The highest BCUT2D eigenvalue weighted by atomic mass is 16.5. The zero-order valence-corrected chi connectivity index (χ0v) is 9.20. The number of hydrogen-bond acceptors (Lipinski definition) is 4. The van der Waals surface area contributed by atoms with Crippen molar-refractivity contribution >= 4 is 0 Å². The van der Waals surface area contributed by atoms with Crippen molar-refractivity contribution in [2.75, 3.05) is 39.5 Å². The standard InChI is InChI=1S/C10H22N2O2/c1-3-11-10(7-13)6-12-4-5-14-8-9(12)2/h9-11,13H,3-8H2,1-2H3. The van der Waals surface area contributed by atoms with Crippen LogP contribution in [0, 0.1) is 0 Å². The van der Waals surface area contributed by atoms with Gasteiger partial charge in [0.1, 0.15) is 0 Å². The molecule has 0 bridgehead atoms. The molecule has 2 unspecified atom stereocenters. The van der Waals surface area contributed by atoms with Gasteiger partial charge in [-0.25, -0.2) is 0 Å². The van der Waals surface area contributed by atoms with Gasteiger partial charge in [0.15, 0.2) is 0 Å². The molecule has 0 spiro atoms. The van der Waals surface area contributed by atoms with Crippen molar-refractivity contribution < 1.29 is 9.84 Å². The molecule has 0 aromatic heterocycles. The number of nitrogens with one attached hydrogen (secondary N) is 1. The Hall–Kier alpha value is -0.160. The summed E-state index contributed by atoms with van der Waals surface area (Å²) in [5, 5.41) is 12.4. The van der Waals surface area contributed by atoms with E-state index < -0.39 is 0 Å². The highest BCUT2D eigenvalue weighted by Crippen LogP contribution is 2.06. The molecule has 0 amide bonds. The minimum atomic E-state index is 0.195. The van der Waals surface area contributed by atoms with Crippen LogP contribution in [0.5, 0.6) is 0 Å². The average molecular weight is 202 g/mol. The second kappa shape index (κ2) is 6.35. The summed E-state index contributed by atoms with van der Waals surface area (Å²) in [5.74, 6) is 0. The lowest BCUT2D eigenvalue weighted by molar-refractivity contribution is -0.00709. The zero-order chi connectivity index (χ0) is 10.4. The van der Waals surface area contributed by atoms with Crippen LogP contribution in [0.4, 0.5) is 0 Å². The fourth-order valence-corrected chi connectivity index (χ4v) is 1.79. The fraction of sp³-hybridized carbons (Fsp3) is 1.00. The van der Waals surface area contributed by atoms with Gasteiger partial charge < -0.3 is 15.2 Å². The smallest absolute Gasteiger partial charge is 0.0619 e. The Bertz CT molecular complexity index is 155. The van der Waals surface area contributed by atoms with Crippen LogP contribution in [0.3, 0.4) is 0 Å². The van der Waals surface area contributed by atoms with E-state index in [1.807, 2.05) is 0 Å². The predicted octanol–water partition coefficient (Wildman–Crippen LogP) is -0.322. The normalized spacial score (nSPS) is 26.4. The molecule has 1 aliphatic heterocycles. The van der Waals surface area contributed by atoms with Crippen molar-refractivity contribution in [1.82, 2.24) is 10.2 Å². The Morgan fingerprint density at radius 2 is 2.43 bits per heavy atom. The van der Waals surface area contributed by atoms with Crippen LogP contribution in [0.25, 0.3) is 0 Å². The van der Waals surface area contributed by atoms with E-state index >= 15 is 0 Å². The number of likely N-dealkylation sites (N-methyl/N-ethyl adjacent to an activating group) is 1. The summed E-state index contributed by atoms with van der Waals surface area (Å²) in [4.78, 5) is 2.37. The first-order chi connectivity index (χ1) is 6.77. The maximum absolute atomic E-state index is 9.15. The molecule has 14 heavy (non-hydrogen) atoms. The van der Waals surface area contributed by atoms with Gasteiger partial charge in [-0.1, -0.05) is 6.92 Å². The highest BCUT2D eigenvalue weighted by molar-refractivity contribution is 4.77. The summed E-state index contributed by atoms with van der Waals surface area (Å²) in [6, 6.07) is 0.664. The third kappa shape index (κ3) is 3.53. The number of rotatable bonds is 5. The van der Waals surface area contributed by atoms with Crippen molar-refractivity contribution in [3.05, 3.63) is 0 Å². The van der Waals surface area contributed by atoms with Gasteiger partial charge in [0.2, 0.25) is 0 Å². The maximum Gasteiger partial charge on any atom is 0.0619 e. The van der Waals surface area contributed by atoms with Gasteiger partial charge in [-0.2, -0.15) is 0 Å². The molecule has 1 fully saturated rings. The number of nitrogens with zero attached hydrogens (tertiary/aromatic N) is 1. The van der Waals surface area contributed by atoms with Crippen LogP contribution < -0.4 is 5.32 Å². The second-order valence-corrected chi connectivity index (χ2v) is 3.86. The molecule has 4 heteroatoms. The summed E-state index contributed by atoms with van der Waals surface area (Å²) >= 11 is 0. The van der Waals surface area contributed by atoms with Gasteiger partial charge in [0, 0.05) is 25.2 Å². The molecule has 1 saturated heterocycles. The number of hydrogen-bond donors (Lipinski definition) is 2. The van der Waals surface area contributed by atoms with Gasteiger partial charge in [-0.3, -0.25) is 4.90 Å². The first-order valence-electron chi connectivity index (χ1n) is 5.44. The van der Waals surface area contributed by atoms with E-state index in [0.29, 0.717) is 6.04 Å². The number of morpholine rings is 1. The SMILES string of the molecule is CCNC(CO)CN1CCOCC1C. The lowest BCUT2D eigenvalue weighted by Gasteiger charge is -2.35. The van der Waals surface area contributed by atoms with E-state index in [-0.39, 0.29) is 12.6 Å². The first-order valence-corrected chi connectivity index (χ1v) is 5.44. The quantitative estimate of drug-likeness (QED) is 0.641. The Morgan fingerprint density at radius 3 is 3.00 bits per heavy atom. The van der Waals surface area contributed by atoms with Crippen molar-refractivity contribution in [2.45, 2.75) is 25.9 Å². The summed E-state index contributed by atoms with van der Waals surface area (Å²) in [6.07, 6.45) is 0. The van der Waals surface area contributed by atoms with E-state index in [1.165, 1.54) is 0 Å². The Kier molecular flexibility index (Phi) is 5.40. The van der Waals surface area contributed by atoms with E-state index in [1.54, 1.807) is 0 Å². The number of aliphatic hydroxyl groups is 1. The topological polar surface area (TPSA) is 44.7 Å². The number of ether oxygens (including phenoxy) is 1. The Morgan fingerprint density at radius 1 is 1.64 bits per heavy atom. The molecule has 84 valence electrons. The van der Waals surface area contributed by atoms with Crippen LogP contribution in [-0.4, -0.2) is 61.5 Å². The molecule has 1 aliphatic rings. The van der Waals surface area contributed by atoms with Crippen LogP contribution in [0.2, 0.25) is 0 Å². The summed E-state index contributed by atoms with van der Waals surface area (Å²) in [6.45, 7) is 8.85. The first kappa shape index (κ1) is 11.9. The molecule has 1 heterocycles. The number of aliphatic hydroxyl groups excluding tert-OH is 1. The minimum absolute atomic E-state index is 0.195. The van der Waals surface area contributed by atoms with Crippen LogP contribution in [0.1, 0.15) is 13.8 Å². The largest absolute Gasteiger partial charge is 0.395 e. The molecule has 0 saturated carbocycles. The molecule has 4 nitrogen and oxygen atoms in total. The Balaban J connectivity index is 2.31. The monoisotopic (exact) mass is 202 g/mol. The molecular formula is C10H22N2O2. The molecule has 0 aromatic carbocycles. The molecule has 1 rings (SSSR count). The van der Waals surface area contributed by atoms with Gasteiger partial charge >= 0.3 is 0 Å². The van der Waals surface area contributed by atoms with Gasteiger partial charge in [-0.05, 0) is 13.5 Å². The molecule has 0 aliphatic carbocycles. The van der Waals surface area contributed by atoms with E-state index in [0.717, 1.165) is 32.8 Å². The fourth-order valence-electron chi connectivity index (χ4n) is 1.79. The Labute approximate surface area is 86.2 Å². The van der Waals surface area contributed by atoms with Crippen molar-refractivity contribution in [3.63, 3.8) is 0 Å². The van der Waals surface area contributed by atoms with Crippen LogP contribution in [0.15, 0.2) is 0 Å². The summed E-state index contributed by atoms with van der Waals surface area (Å²) in [5.41, 5.74) is 0.